The molecule has 112 valence electrons. The maximum Gasteiger partial charge on any atom is 0.416 e. The third-order valence-corrected chi connectivity index (χ3v) is 3.21. The minimum atomic E-state index is -4.55. The lowest BCUT2D eigenvalue weighted by Crippen LogP contribution is -2.08. The molecular weight excluding hydrogens is 359 g/mol. The van der Waals surface area contributed by atoms with Gasteiger partial charge in [-0.1, -0.05) is 22.0 Å². The van der Waals surface area contributed by atoms with Crippen molar-refractivity contribution in [3.8, 4) is 11.5 Å². The lowest BCUT2D eigenvalue weighted by atomic mass is 10.1. The number of halogens is 6. The van der Waals surface area contributed by atoms with Crippen molar-refractivity contribution < 1.29 is 26.7 Å². The van der Waals surface area contributed by atoms with Crippen molar-refractivity contribution in [2.24, 2.45) is 0 Å². The second-order valence-corrected chi connectivity index (χ2v) is 4.72. The molecule has 0 radical (unpaired) electrons. The maximum absolute atomic E-state index is 13.0. The predicted octanol–water partition coefficient (Wildman–Crippen LogP) is 5.67. The third kappa shape index (κ3) is 3.93. The number of alkyl halides is 4. The van der Waals surface area contributed by atoms with Crippen LogP contribution in [0.1, 0.15) is 11.1 Å². The lowest BCUT2D eigenvalue weighted by molar-refractivity contribution is -0.138. The van der Waals surface area contributed by atoms with Crippen LogP contribution in [-0.4, -0.2) is 0 Å². The fraction of sp³-hybridized carbons (Fsp3) is 0.143. The average Bonchev–Trinajstić information content (AvgIpc) is 2.36. The van der Waals surface area contributed by atoms with Crippen molar-refractivity contribution in [3.05, 3.63) is 59.2 Å². The van der Waals surface area contributed by atoms with E-state index in [1.54, 1.807) is 0 Å². The van der Waals surface area contributed by atoms with E-state index in [4.69, 9.17) is 4.74 Å². The van der Waals surface area contributed by atoms with Crippen LogP contribution in [0.15, 0.2) is 36.4 Å². The zero-order valence-electron chi connectivity index (χ0n) is 10.3. The van der Waals surface area contributed by atoms with Crippen molar-refractivity contribution in [1.82, 2.24) is 0 Å². The summed E-state index contributed by atoms with van der Waals surface area (Å²) in [7, 11) is 0. The molecule has 7 heteroatoms. The van der Waals surface area contributed by atoms with Crippen LogP contribution in [0.5, 0.6) is 11.5 Å². The summed E-state index contributed by atoms with van der Waals surface area (Å²) in [4.78, 5) is 0. The first-order valence-corrected chi connectivity index (χ1v) is 6.82. The molecule has 0 bridgehead atoms. The van der Waals surface area contributed by atoms with Crippen molar-refractivity contribution in [2.75, 3.05) is 0 Å². The van der Waals surface area contributed by atoms with Crippen LogP contribution < -0.4 is 4.74 Å². The van der Waals surface area contributed by atoms with E-state index in [9.17, 15) is 22.0 Å². The highest BCUT2D eigenvalue weighted by Gasteiger charge is 2.33. The van der Waals surface area contributed by atoms with Gasteiger partial charge in [0.15, 0.2) is 0 Å². The Morgan fingerprint density at radius 2 is 1.52 bits per heavy atom. The summed E-state index contributed by atoms with van der Waals surface area (Å²) >= 11 is 2.97. The monoisotopic (exact) mass is 366 g/mol. The molecule has 0 spiro atoms. The van der Waals surface area contributed by atoms with Crippen LogP contribution >= 0.6 is 15.9 Å². The van der Waals surface area contributed by atoms with Crippen LogP contribution in [0.3, 0.4) is 0 Å². The van der Waals surface area contributed by atoms with Crippen LogP contribution in [-0.2, 0) is 11.5 Å². The van der Waals surface area contributed by atoms with Gasteiger partial charge in [0.05, 0.1) is 5.56 Å². The van der Waals surface area contributed by atoms with Gasteiger partial charge in [-0.15, -0.1) is 0 Å². The first kappa shape index (κ1) is 15.8. The summed E-state index contributed by atoms with van der Waals surface area (Å²) in [5, 5.41) is 0.0245. The Morgan fingerprint density at radius 1 is 0.905 bits per heavy atom. The second-order valence-electron chi connectivity index (χ2n) is 4.16. The molecule has 0 aromatic heterocycles. The van der Waals surface area contributed by atoms with E-state index in [1.165, 1.54) is 12.1 Å². The molecule has 2 aromatic carbocycles. The number of benzene rings is 2. The van der Waals surface area contributed by atoms with Crippen LogP contribution in [0.25, 0.3) is 0 Å². The van der Waals surface area contributed by atoms with E-state index in [-0.39, 0.29) is 22.4 Å². The van der Waals surface area contributed by atoms with Gasteiger partial charge in [0.1, 0.15) is 23.1 Å². The SMILES string of the molecule is Fc1cc(F)cc(Oc2ccc(CBr)c(C(F)(F)F)c2)c1. The molecule has 2 aromatic rings. The number of rotatable bonds is 3. The van der Waals surface area contributed by atoms with Gasteiger partial charge < -0.3 is 4.74 Å². The Hall–Kier alpha value is -1.63. The molecule has 0 saturated heterocycles. The molecule has 0 aliphatic heterocycles. The van der Waals surface area contributed by atoms with Gasteiger partial charge in [-0.3, -0.25) is 0 Å². The van der Waals surface area contributed by atoms with Gasteiger partial charge in [0.25, 0.3) is 0 Å². The quantitative estimate of drug-likeness (QED) is 0.502. The molecule has 0 saturated carbocycles. The van der Waals surface area contributed by atoms with E-state index < -0.39 is 23.4 Å². The van der Waals surface area contributed by atoms with Gasteiger partial charge in [0, 0.05) is 23.5 Å². The summed E-state index contributed by atoms with van der Waals surface area (Å²) in [5.74, 6) is -2.12. The summed E-state index contributed by atoms with van der Waals surface area (Å²) in [5.41, 5.74) is -0.825. The van der Waals surface area contributed by atoms with Crippen molar-refractivity contribution in [3.63, 3.8) is 0 Å². The molecule has 0 fully saturated rings. The highest BCUT2D eigenvalue weighted by Crippen LogP contribution is 2.36. The molecule has 21 heavy (non-hydrogen) atoms. The average molecular weight is 367 g/mol. The van der Waals surface area contributed by atoms with E-state index in [0.29, 0.717) is 6.07 Å². The zero-order chi connectivity index (χ0) is 15.6. The highest BCUT2D eigenvalue weighted by atomic mass is 79.9. The molecule has 2 rings (SSSR count). The third-order valence-electron chi connectivity index (χ3n) is 2.60. The van der Waals surface area contributed by atoms with Gasteiger partial charge in [-0.05, 0) is 17.7 Å². The van der Waals surface area contributed by atoms with Gasteiger partial charge in [0.2, 0.25) is 0 Å². The molecule has 0 heterocycles. The normalized spacial score (nSPS) is 11.5. The van der Waals surface area contributed by atoms with Crippen LogP contribution in [0.2, 0.25) is 0 Å². The summed E-state index contributed by atoms with van der Waals surface area (Å²) in [6, 6.07) is 5.74. The molecule has 1 nitrogen and oxygen atoms in total. The molecular formula is C14H8BrF5O. The van der Waals surface area contributed by atoms with E-state index in [0.717, 1.165) is 18.2 Å². The molecule has 0 aliphatic carbocycles. The maximum atomic E-state index is 13.0. The van der Waals surface area contributed by atoms with Gasteiger partial charge in [-0.2, -0.15) is 13.2 Å². The van der Waals surface area contributed by atoms with Crippen molar-refractivity contribution >= 4 is 15.9 Å². The van der Waals surface area contributed by atoms with E-state index in [2.05, 4.69) is 15.9 Å². The number of hydrogen-bond donors (Lipinski definition) is 0. The first-order valence-electron chi connectivity index (χ1n) is 5.69. The smallest absolute Gasteiger partial charge is 0.416 e. The fourth-order valence-electron chi connectivity index (χ4n) is 1.72. The summed E-state index contributed by atoms with van der Waals surface area (Å²) in [6.07, 6.45) is -4.55. The molecule has 0 atom stereocenters. The van der Waals surface area contributed by atoms with Crippen molar-refractivity contribution in [1.29, 1.82) is 0 Å². The predicted molar refractivity (Wildman–Crippen MR) is 70.5 cm³/mol. The Balaban J connectivity index is 2.37. The van der Waals surface area contributed by atoms with E-state index >= 15 is 0 Å². The minimum absolute atomic E-state index is 0.0245. The van der Waals surface area contributed by atoms with Crippen molar-refractivity contribution in [2.45, 2.75) is 11.5 Å². The highest BCUT2D eigenvalue weighted by molar-refractivity contribution is 9.08. The fourth-order valence-corrected chi connectivity index (χ4v) is 2.21. The summed E-state index contributed by atoms with van der Waals surface area (Å²) in [6.45, 7) is 0. The number of ether oxygens (including phenoxy) is 1. The first-order chi connectivity index (χ1) is 9.79. The zero-order valence-corrected chi connectivity index (χ0v) is 11.9. The Morgan fingerprint density at radius 3 is 2.05 bits per heavy atom. The standard InChI is InChI=1S/C14H8BrF5O/c15-7-8-1-2-11(6-13(8)14(18,19)20)21-12-4-9(16)3-10(17)5-12/h1-6H,7H2. The Labute approximate surface area is 125 Å². The largest absolute Gasteiger partial charge is 0.457 e. The van der Waals surface area contributed by atoms with Gasteiger partial charge in [-0.25, -0.2) is 8.78 Å². The molecule has 0 amide bonds. The second kappa shape index (κ2) is 6.01. The van der Waals surface area contributed by atoms with E-state index in [1.807, 2.05) is 0 Å². The van der Waals surface area contributed by atoms with Gasteiger partial charge >= 0.3 is 6.18 Å². The van der Waals surface area contributed by atoms with Crippen LogP contribution in [0.4, 0.5) is 22.0 Å². The molecule has 0 N–H and O–H groups in total. The lowest BCUT2D eigenvalue weighted by Gasteiger charge is -2.13. The molecule has 0 aliphatic rings. The topological polar surface area (TPSA) is 9.23 Å². The summed E-state index contributed by atoms with van der Waals surface area (Å²) < 4.78 is 69.8. The Bertz CT molecular complexity index is 634. The molecule has 0 unspecified atom stereocenters. The number of hydrogen-bond acceptors (Lipinski definition) is 1. The Kier molecular flexibility index (Phi) is 4.51. The van der Waals surface area contributed by atoms with Crippen LogP contribution in [0, 0.1) is 11.6 Å². The minimum Gasteiger partial charge on any atom is -0.457 e.